The fourth-order valence-corrected chi connectivity index (χ4v) is 1.78. The third kappa shape index (κ3) is 7.50. The van der Waals surface area contributed by atoms with Gasteiger partial charge in [0.15, 0.2) is 0 Å². The number of nitrogens with two attached hydrogens (primary N) is 1. The van der Waals surface area contributed by atoms with E-state index in [9.17, 15) is 5.11 Å². The Morgan fingerprint density at radius 1 is 1.39 bits per heavy atom. The van der Waals surface area contributed by atoms with Gasteiger partial charge >= 0.3 is 0 Å². The molecule has 0 fully saturated rings. The Bertz CT molecular complexity index is 242. The molecule has 0 spiro atoms. The SMILES string of the molecule is CCCC(O)CNCCCCC(C)(C)C(N)=NO. The first-order valence-electron chi connectivity index (χ1n) is 6.80. The van der Waals surface area contributed by atoms with Gasteiger partial charge in [0.1, 0.15) is 5.84 Å². The highest BCUT2D eigenvalue weighted by Gasteiger charge is 2.22. The topological polar surface area (TPSA) is 90.9 Å². The van der Waals surface area contributed by atoms with Crippen LogP contribution < -0.4 is 11.1 Å². The van der Waals surface area contributed by atoms with Crippen LogP contribution >= 0.6 is 0 Å². The van der Waals surface area contributed by atoms with Gasteiger partial charge in [0.05, 0.1) is 6.10 Å². The van der Waals surface area contributed by atoms with Gasteiger partial charge in [-0.05, 0) is 25.8 Å². The number of nitrogens with zero attached hydrogens (tertiary/aromatic N) is 1. The summed E-state index contributed by atoms with van der Waals surface area (Å²) in [5.41, 5.74) is 5.36. The minimum absolute atomic E-state index is 0.233. The third-order valence-electron chi connectivity index (χ3n) is 3.21. The van der Waals surface area contributed by atoms with Crippen molar-refractivity contribution in [3.8, 4) is 0 Å². The predicted molar refractivity (Wildman–Crippen MR) is 74.8 cm³/mol. The largest absolute Gasteiger partial charge is 0.409 e. The Hall–Kier alpha value is -0.810. The lowest BCUT2D eigenvalue weighted by atomic mass is 9.86. The van der Waals surface area contributed by atoms with Crippen molar-refractivity contribution in [2.45, 2.75) is 59.0 Å². The van der Waals surface area contributed by atoms with Crippen molar-refractivity contribution in [3.05, 3.63) is 0 Å². The van der Waals surface area contributed by atoms with Crippen LogP contribution in [0.4, 0.5) is 0 Å². The van der Waals surface area contributed by atoms with Gasteiger partial charge in [-0.2, -0.15) is 0 Å². The molecule has 18 heavy (non-hydrogen) atoms. The van der Waals surface area contributed by atoms with Gasteiger partial charge < -0.3 is 21.4 Å². The zero-order valence-electron chi connectivity index (χ0n) is 11.9. The summed E-state index contributed by atoms with van der Waals surface area (Å²) >= 11 is 0. The molecule has 0 radical (unpaired) electrons. The highest BCUT2D eigenvalue weighted by atomic mass is 16.4. The molecule has 0 saturated carbocycles. The molecule has 0 aliphatic heterocycles. The molecule has 0 aliphatic rings. The van der Waals surface area contributed by atoms with Crippen LogP contribution in [0.1, 0.15) is 52.9 Å². The molecule has 108 valence electrons. The van der Waals surface area contributed by atoms with E-state index in [-0.39, 0.29) is 17.4 Å². The fourth-order valence-electron chi connectivity index (χ4n) is 1.78. The maximum absolute atomic E-state index is 9.52. The summed E-state index contributed by atoms with van der Waals surface area (Å²) in [6, 6.07) is 0. The number of unbranched alkanes of at least 4 members (excludes halogenated alkanes) is 1. The number of rotatable bonds is 10. The van der Waals surface area contributed by atoms with Crippen molar-refractivity contribution in [2.24, 2.45) is 16.3 Å². The molecule has 5 nitrogen and oxygen atoms in total. The average Bonchev–Trinajstić information content (AvgIpc) is 2.32. The molecular formula is C13H29N3O2. The summed E-state index contributed by atoms with van der Waals surface area (Å²) in [4.78, 5) is 0. The summed E-state index contributed by atoms with van der Waals surface area (Å²) in [5, 5.41) is 24.5. The van der Waals surface area contributed by atoms with Crippen LogP contribution in [0.5, 0.6) is 0 Å². The quantitative estimate of drug-likeness (QED) is 0.158. The third-order valence-corrected chi connectivity index (χ3v) is 3.21. The van der Waals surface area contributed by atoms with Gasteiger partial charge in [0, 0.05) is 12.0 Å². The van der Waals surface area contributed by atoms with Gasteiger partial charge in [-0.3, -0.25) is 0 Å². The van der Waals surface area contributed by atoms with Crippen LogP contribution in [0.2, 0.25) is 0 Å². The summed E-state index contributed by atoms with van der Waals surface area (Å²) in [6.45, 7) is 7.57. The lowest BCUT2D eigenvalue weighted by molar-refractivity contribution is 0.160. The van der Waals surface area contributed by atoms with Crippen molar-refractivity contribution < 1.29 is 10.3 Å². The van der Waals surface area contributed by atoms with E-state index < -0.39 is 0 Å². The molecule has 0 bridgehead atoms. The van der Waals surface area contributed by atoms with Gasteiger partial charge in [-0.1, -0.05) is 38.8 Å². The molecule has 1 unspecified atom stereocenters. The zero-order chi connectivity index (χ0) is 14.0. The average molecular weight is 259 g/mol. The Kier molecular flexibility index (Phi) is 8.75. The minimum atomic E-state index is -0.253. The van der Waals surface area contributed by atoms with Gasteiger partial charge in [0.2, 0.25) is 0 Å². The first-order chi connectivity index (χ1) is 8.44. The first kappa shape index (κ1) is 17.2. The molecule has 5 heteroatoms. The lowest BCUT2D eigenvalue weighted by Gasteiger charge is -2.22. The summed E-state index contributed by atoms with van der Waals surface area (Å²) in [5.74, 6) is 0.286. The monoisotopic (exact) mass is 259 g/mol. The molecule has 0 aromatic carbocycles. The van der Waals surface area contributed by atoms with E-state index in [1.807, 2.05) is 13.8 Å². The normalized spacial score (nSPS) is 14.8. The smallest absolute Gasteiger partial charge is 0.144 e. The molecule has 0 aromatic heterocycles. The molecule has 5 N–H and O–H groups in total. The van der Waals surface area contributed by atoms with Crippen molar-refractivity contribution in [1.82, 2.24) is 5.32 Å². The lowest BCUT2D eigenvalue weighted by Crippen LogP contribution is -2.32. The van der Waals surface area contributed by atoms with E-state index >= 15 is 0 Å². The Morgan fingerprint density at radius 2 is 2.06 bits per heavy atom. The molecule has 0 rings (SSSR count). The molecule has 0 aromatic rings. The first-order valence-corrected chi connectivity index (χ1v) is 6.80. The van der Waals surface area contributed by atoms with Crippen LogP contribution in [0, 0.1) is 5.41 Å². The second kappa shape index (κ2) is 9.16. The highest BCUT2D eigenvalue weighted by Crippen LogP contribution is 2.22. The summed E-state index contributed by atoms with van der Waals surface area (Å²) in [7, 11) is 0. The van der Waals surface area contributed by atoms with Crippen LogP contribution in [0.15, 0.2) is 5.16 Å². The molecule has 0 amide bonds. The zero-order valence-corrected chi connectivity index (χ0v) is 11.9. The van der Waals surface area contributed by atoms with Crippen molar-refractivity contribution in [1.29, 1.82) is 0 Å². The van der Waals surface area contributed by atoms with Crippen LogP contribution in [-0.4, -0.2) is 35.3 Å². The number of aliphatic hydroxyl groups excluding tert-OH is 1. The standard InChI is InChI=1S/C13H29N3O2/c1-4-7-11(17)10-15-9-6-5-8-13(2,3)12(14)16-18/h11,15,17-18H,4-10H2,1-3H3,(H2,14,16). The number of amidine groups is 1. The van der Waals surface area contributed by atoms with E-state index in [4.69, 9.17) is 10.9 Å². The maximum Gasteiger partial charge on any atom is 0.144 e. The number of oxime groups is 1. The molecule has 0 saturated heterocycles. The predicted octanol–water partition coefficient (Wildman–Crippen LogP) is 1.68. The van der Waals surface area contributed by atoms with Gasteiger partial charge in [-0.25, -0.2) is 0 Å². The maximum atomic E-state index is 9.52. The van der Waals surface area contributed by atoms with E-state index in [1.165, 1.54) is 0 Å². The molecule has 0 heterocycles. The van der Waals surface area contributed by atoms with E-state index in [2.05, 4.69) is 17.4 Å². The number of aliphatic hydroxyl groups is 1. The summed E-state index contributed by atoms with van der Waals surface area (Å²) in [6.07, 6.45) is 4.56. The molecule has 1 atom stereocenters. The Balaban J connectivity index is 3.57. The van der Waals surface area contributed by atoms with Crippen molar-refractivity contribution in [3.63, 3.8) is 0 Å². The summed E-state index contributed by atoms with van der Waals surface area (Å²) < 4.78 is 0. The second-order valence-electron chi connectivity index (χ2n) is 5.47. The fraction of sp³-hybridized carbons (Fsp3) is 0.923. The molecule has 0 aliphatic carbocycles. The van der Waals surface area contributed by atoms with Crippen LogP contribution in [-0.2, 0) is 0 Å². The number of hydrogen-bond donors (Lipinski definition) is 4. The Labute approximate surface area is 110 Å². The van der Waals surface area contributed by atoms with E-state index in [1.54, 1.807) is 0 Å². The van der Waals surface area contributed by atoms with E-state index in [0.29, 0.717) is 6.54 Å². The number of hydrogen-bond acceptors (Lipinski definition) is 4. The van der Waals surface area contributed by atoms with Crippen molar-refractivity contribution in [2.75, 3.05) is 13.1 Å². The van der Waals surface area contributed by atoms with Gasteiger partial charge in [0.25, 0.3) is 0 Å². The highest BCUT2D eigenvalue weighted by molar-refractivity contribution is 5.85. The van der Waals surface area contributed by atoms with Crippen LogP contribution in [0.3, 0.4) is 0 Å². The van der Waals surface area contributed by atoms with Gasteiger partial charge in [-0.15, -0.1) is 0 Å². The minimum Gasteiger partial charge on any atom is -0.409 e. The van der Waals surface area contributed by atoms with Crippen LogP contribution in [0.25, 0.3) is 0 Å². The van der Waals surface area contributed by atoms with Crippen molar-refractivity contribution >= 4 is 5.84 Å². The van der Waals surface area contributed by atoms with E-state index in [0.717, 1.165) is 38.6 Å². The second-order valence-corrected chi connectivity index (χ2v) is 5.47. The number of nitrogens with one attached hydrogen (secondary N) is 1. The Morgan fingerprint density at radius 3 is 2.61 bits per heavy atom. The molecular weight excluding hydrogens is 230 g/mol.